The summed E-state index contributed by atoms with van der Waals surface area (Å²) >= 11 is 0. The second-order valence-corrected chi connectivity index (χ2v) is 10.4. The van der Waals surface area contributed by atoms with Gasteiger partial charge in [-0.05, 0) is 60.3 Å². The summed E-state index contributed by atoms with van der Waals surface area (Å²) in [5, 5.41) is 24.7. The molecule has 2 saturated heterocycles. The van der Waals surface area contributed by atoms with Crippen molar-refractivity contribution < 1.29 is 38.9 Å². The Bertz CT molecular complexity index is 856. The molecule has 0 spiro atoms. The SMILES string of the molecule is C[C@@H](O)C(NC(=O)[C@@H]1CCCN1C(=O)[C@@H]1CCCN1C(=O)[C@@H](NC(=O)OC(C)(C)C)[C@@H](C)O)C(N)=O. The lowest BCUT2D eigenvalue weighted by atomic mass is 10.1. The van der Waals surface area contributed by atoms with Crippen molar-refractivity contribution in [1.29, 1.82) is 0 Å². The largest absolute Gasteiger partial charge is 0.444 e. The van der Waals surface area contributed by atoms with Crippen molar-refractivity contribution in [2.75, 3.05) is 13.1 Å². The highest BCUT2D eigenvalue weighted by atomic mass is 16.6. The Balaban J connectivity index is 2.15. The number of likely N-dealkylation sites (tertiary alicyclic amines) is 2. The van der Waals surface area contributed by atoms with E-state index in [0.717, 1.165) is 0 Å². The van der Waals surface area contributed by atoms with Crippen molar-refractivity contribution in [3.63, 3.8) is 0 Å². The van der Waals surface area contributed by atoms with E-state index >= 15 is 0 Å². The van der Waals surface area contributed by atoms with Crippen LogP contribution >= 0.6 is 0 Å². The van der Waals surface area contributed by atoms with E-state index in [1.807, 2.05) is 0 Å². The van der Waals surface area contributed by atoms with Gasteiger partial charge in [0, 0.05) is 13.1 Å². The van der Waals surface area contributed by atoms with Gasteiger partial charge < -0.3 is 41.1 Å². The van der Waals surface area contributed by atoms with E-state index in [2.05, 4.69) is 10.6 Å². The molecule has 0 aromatic heterocycles. The Morgan fingerprint density at radius 2 is 1.42 bits per heavy atom. The Morgan fingerprint density at radius 3 is 1.92 bits per heavy atom. The second-order valence-electron chi connectivity index (χ2n) is 10.4. The lowest BCUT2D eigenvalue weighted by Gasteiger charge is -2.34. The van der Waals surface area contributed by atoms with Crippen LogP contribution in [0.25, 0.3) is 0 Å². The molecule has 5 amide bonds. The van der Waals surface area contributed by atoms with Gasteiger partial charge in [0.15, 0.2) is 0 Å². The number of hydrogen-bond acceptors (Lipinski definition) is 8. The quantitative estimate of drug-likeness (QED) is 0.261. The normalized spacial score (nSPS) is 23.4. The number of aliphatic hydroxyl groups excluding tert-OH is 2. The number of rotatable bonds is 8. The number of hydrogen-bond donors (Lipinski definition) is 5. The smallest absolute Gasteiger partial charge is 0.408 e. The summed E-state index contributed by atoms with van der Waals surface area (Å²) in [6, 6.07) is -4.39. The number of nitrogens with one attached hydrogen (secondary N) is 2. The Hall–Kier alpha value is -2.93. The van der Waals surface area contributed by atoms with Gasteiger partial charge in [-0.25, -0.2) is 4.79 Å². The van der Waals surface area contributed by atoms with E-state index < -0.39 is 71.7 Å². The monoisotopic (exact) mass is 513 g/mol. The molecule has 13 nitrogen and oxygen atoms in total. The van der Waals surface area contributed by atoms with Crippen molar-refractivity contribution in [2.45, 2.75) is 102 Å². The predicted octanol–water partition coefficient (Wildman–Crippen LogP) is -1.41. The average Bonchev–Trinajstić information content (AvgIpc) is 3.42. The van der Waals surface area contributed by atoms with E-state index in [9.17, 15) is 34.2 Å². The number of carbonyl (C=O) groups excluding carboxylic acids is 5. The van der Waals surface area contributed by atoms with Gasteiger partial charge in [-0.15, -0.1) is 0 Å². The molecule has 2 rings (SSSR count). The number of primary amides is 1. The van der Waals surface area contributed by atoms with E-state index in [0.29, 0.717) is 25.7 Å². The standard InChI is InChI=1S/C23H39N5O8/c1-12(29)16(18(24)31)25-19(32)14-8-6-10-27(14)20(33)15-9-7-11-28(15)21(34)17(13(2)30)26-22(35)36-23(3,4)5/h12-17,29-30H,6-11H2,1-5H3,(H2,24,31)(H,25,32)(H,26,35)/t12-,13-,14+,15+,16?,17+/m1/s1. The van der Waals surface area contributed by atoms with Crippen molar-refractivity contribution in [3.8, 4) is 0 Å². The van der Waals surface area contributed by atoms with Gasteiger partial charge in [0.05, 0.1) is 12.2 Å². The van der Waals surface area contributed by atoms with Crippen LogP contribution in [-0.4, -0.2) is 105 Å². The summed E-state index contributed by atoms with van der Waals surface area (Å²) in [4.78, 5) is 66.1. The first-order valence-electron chi connectivity index (χ1n) is 12.2. The zero-order valence-electron chi connectivity index (χ0n) is 21.5. The number of nitrogens with two attached hydrogens (primary N) is 1. The summed E-state index contributed by atoms with van der Waals surface area (Å²) in [6.45, 7) is 8.18. The van der Waals surface area contributed by atoms with Crippen LogP contribution in [0.4, 0.5) is 4.79 Å². The fourth-order valence-electron chi connectivity index (χ4n) is 4.46. The van der Waals surface area contributed by atoms with Crippen LogP contribution in [0.5, 0.6) is 0 Å². The molecule has 0 aliphatic carbocycles. The third kappa shape index (κ3) is 7.29. The lowest BCUT2D eigenvalue weighted by Crippen LogP contribution is -2.59. The first kappa shape index (κ1) is 29.3. The molecular weight excluding hydrogens is 474 g/mol. The fraction of sp³-hybridized carbons (Fsp3) is 0.783. The molecule has 2 heterocycles. The van der Waals surface area contributed by atoms with Crippen LogP contribution in [0.3, 0.4) is 0 Å². The average molecular weight is 514 g/mol. The maximum absolute atomic E-state index is 13.5. The summed E-state index contributed by atoms with van der Waals surface area (Å²) in [7, 11) is 0. The Labute approximate surface area is 210 Å². The Morgan fingerprint density at radius 1 is 0.889 bits per heavy atom. The number of ether oxygens (including phenoxy) is 1. The van der Waals surface area contributed by atoms with Crippen LogP contribution in [0.2, 0.25) is 0 Å². The molecule has 0 aromatic carbocycles. The molecule has 0 radical (unpaired) electrons. The first-order valence-corrected chi connectivity index (χ1v) is 12.2. The molecule has 0 saturated carbocycles. The van der Waals surface area contributed by atoms with Crippen LogP contribution in [-0.2, 0) is 23.9 Å². The number of nitrogens with zero attached hydrogens (tertiary/aromatic N) is 2. The number of alkyl carbamates (subject to hydrolysis) is 1. The van der Waals surface area contributed by atoms with Gasteiger partial charge in [0.25, 0.3) is 0 Å². The minimum absolute atomic E-state index is 0.241. The van der Waals surface area contributed by atoms with E-state index in [1.165, 1.54) is 23.6 Å². The Kier molecular flexibility index (Phi) is 9.66. The van der Waals surface area contributed by atoms with Gasteiger partial charge in [0.2, 0.25) is 23.6 Å². The maximum atomic E-state index is 13.5. The molecule has 0 aromatic rings. The van der Waals surface area contributed by atoms with Crippen LogP contribution in [0.15, 0.2) is 0 Å². The van der Waals surface area contributed by atoms with Gasteiger partial charge in [-0.1, -0.05) is 0 Å². The molecule has 0 bridgehead atoms. The molecule has 13 heteroatoms. The number of amides is 5. The molecule has 6 N–H and O–H groups in total. The third-order valence-corrected chi connectivity index (χ3v) is 6.17. The molecule has 1 unspecified atom stereocenters. The topological polar surface area (TPSA) is 192 Å². The summed E-state index contributed by atoms with van der Waals surface area (Å²) < 4.78 is 5.19. The van der Waals surface area contributed by atoms with E-state index in [4.69, 9.17) is 10.5 Å². The molecule has 36 heavy (non-hydrogen) atoms. The first-order chi connectivity index (χ1) is 16.6. The molecule has 2 aliphatic rings. The van der Waals surface area contributed by atoms with Crippen molar-refractivity contribution in [3.05, 3.63) is 0 Å². The van der Waals surface area contributed by atoms with Crippen LogP contribution in [0, 0.1) is 0 Å². The summed E-state index contributed by atoms with van der Waals surface area (Å²) in [6.07, 6.45) is -1.57. The number of aliphatic hydroxyl groups is 2. The minimum Gasteiger partial charge on any atom is -0.444 e. The summed E-state index contributed by atoms with van der Waals surface area (Å²) in [5.74, 6) is -2.58. The molecule has 204 valence electrons. The highest BCUT2D eigenvalue weighted by molar-refractivity contribution is 5.96. The lowest BCUT2D eigenvalue weighted by molar-refractivity contribution is -0.148. The van der Waals surface area contributed by atoms with E-state index in [-0.39, 0.29) is 13.1 Å². The molecule has 6 atom stereocenters. The predicted molar refractivity (Wildman–Crippen MR) is 127 cm³/mol. The number of carbonyl (C=O) groups is 5. The van der Waals surface area contributed by atoms with Gasteiger partial charge in [0.1, 0.15) is 29.8 Å². The van der Waals surface area contributed by atoms with Crippen molar-refractivity contribution in [2.24, 2.45) is 5.73 Å². The van der Waals surface area contributed by atoms with Gasteiger partial charge in [-0.3, -0.25) is 19.2 Å². The zero-order chi connectivity index (χ0) is 27.4. The zero-order valence-corrected chi connectivity index (χ0v) is 21.5. The molecular formula is C23H39N5O8. The fourth-order valence-corrected chi connectivity index (χ4v) is 4.46. The second kappa shape index (κ2) is 11.9. The maximum Gasteiger partial charge on any atom is 0.408 e. The van der Waals surface area contributed by atoms with E-state index in [1.54, 1.807) is 20.8 Å². The van der Waals surface area contributed by atoms with Gasteiger partial charge in [-0.2, -0.15) is 0 Å². The minimum atomic E-state index is -1.33. The van der Waals surface area contributed by atoms with Crippen LogP contribution in [0.1, 0.15) is 60.3 Å². The molecule has 2 fully saturated rings. The highest BCUT2D eigenvalue weighted by Crippen LogP contribution is 2.26. The highest BCUT2D eigenvalue weighted by Gasteiger charge is 2.45. The van der Waals surface area contributed by atoms with Crippen LogP contribution < -0.4 is 16.4 Å². The summed E-state index contributed by atoms with van der Waals surface area (Å²) in [5.41, 5.74) is 4.44. The van der Waals surface area contributed by atoms with Crippen molar-refractivity contribution in [1.82, 2.24) is 20.4 Å². The van der Waals surface area contributed by atoms with Crippen molar-refractivity contribution >= 4 is 29.7 Å². The third-order valence-electron chi connectivity index (χ3n) is 6.17. The van der Waals surface area contributed by atoms with Gasteiger partial charge >= 0.3 is 6.09 Å². The molecule has 2 aliphatic heterocycles.